The smallest absolute Gasteiger partial charge is 0.243 e. The number of halogens is 1. The Balaban J connectivity index is 0.00000261. The first-order valence-corrected chi connectivity index (χ1v) is 10.8. The van der Waals surface area contributed by atoms with Crippen LogP contribution in [0.15, 0.2) is 29.2 Å². The van der Waals surface area contributed by atoms with Crippen LogP contribution in [0.4, 0.5) is 0 Å². The molecule has 1 aliphatic carbocycles. The molecule has 1 unspecified atom stereocenters. The van der Waals surface area contributed by atoms with Crippen LogP contribution in [-0.2, 0) is 21.4 Å². The summed E-state index contributed by atoms with van der Waals surface area (Å²) < 4.78 is 26.3. The number of hydrogen-bond donors (Lipinski definition) is 2. The van der Waals surface area contributed by atoms with Crippen LogP contribution < -0.4 is 10.6 Å². The molecule has 27 heavy (non-hydrogen) atoms. The molecule has 1 aromatic rings. The van der Waals surface area contributed by atoms with Gasteiger partial charge in [0.2, 0.25) is 15.9 Å². The number of hydrogen-bond acceptors (Lipinski definition) is 4. The van der Waals surface area contributed by atoms with Crippen molar-refractivity contribution in [3.63, 3.8) is 0 Å². The maximum atomic E-state index is 12.5. The molecule has 2 N–H and O–H groups in total. The zero-order chi connectivity index (χ0) is 18.9. The predicted octanol–water partition coefficient (Wildman–Crippen LogP) is 2.14. The molecule has 0 radical (unpaired) electrons. The molecule has 2 aliphatic rings. The first-order valence-electron chi connectivity index (χ1n) is 9.32. The van der Waals surface area contributed by atoms with Crippen LogP contribution in [0.5, 0.6) is 0 Å². The fourth-order valence-electron chi connectivity index (χ4n) is 3.73. The van der Waals surface area contributed by atoms with Crippen LogP contribution in [0.3, 0.4) is 0 Å². The van der Waals surface area contributed by atoms with Crippen molar-refractivity contribution in [1.82, 2.24) is 14.9 Å². The van der Waals surface area contributed by atoms with E-state index in [1.165, 1.54) is 4.31 Å². The van der Waals surface area contributed by atoms with Crippen LogP contribution in [0.1, 0.15) is 38.7 Å². The van der Waals surface area contributed by atoms with Crippen molar-refractivity contribution >= 4 is 28.3 Å². The lowest BCUT2D eigenvalue weighted by atomic mass is 9.92. The zero-order valence-electron chi connectivity index (χ0n) is 16.2. The highest BCUT2D eigenvalue weighted by Gasteiger charge is 2.57. The van der Waals surface area contributed by atoms with E-state index >= 15 is 0 Å². The Labute approximate surface area is 168 Å². The van der Waals surface area contributed by atoms with Crippen LogP contribution in [0, 0.1) is 11.3 Å². The minimum Gasteiger partial charge on any atom is -0.352 e. The van der Waals surface area contributed by atoms with Crippen molar-refractivity contribution in [3.8, 4) is 0 Å². The molecule has 3 rings (SSSR count). The number of carbonyl (C=O) groups is 1. The minimum atomic E-state index is -3.47. The monoisotopic (exact) mass is 415 g/mol. The van der Waals surface area contributed by atoms with Crippen molar-refractivity contribution in [3.05, 3.63) is 29.8 Å². The number of sulfonamides is 1. The molecule has 0 aromatic heterocycles. The number of benzene rings is 1. The van der Waals surface area contributed by atoms with Crippen LogP contribution in [-0.4, -0.2) is 44.8 Å². The Morgan fingerprint density at radius 2 is 1.85 bits per heavy atom. The molecule has 6 nitrogen and oxygen atoms in total. The van der Waals surface area contributed by atoms with Crippen LogP contribution >= 0.6 is 12.4 Å². The highest BCUT2D eigenvalue weighted by molar-refractivity contribution is 7.89. The number of nitrogens with one attached hydrogen (secondary N) is 2. The Bertz CT molecular complexity index is 759. The first-order chi connectivity index (χ1) is 12.3. The van der Waals surface area contributed by atoms with E-state index in [1.807, 2.05) is 13.8 Å². The average molecular weight is 416 g/mol. The SMILES string of the molecule is CC(C)N(C)S(=O)(=O)c1ccc(CNC(=O)C2CC23CCNCC3)cc1.Cl. The summed E-state index contributed by atoms with van der Waals surface area (Å²) in [6.07, 6.45) is 3.17. The fraction of sp³-hybridized carbons (Fsp3) is 0.632. The van der Waals surface area contributed by atoms with Gasteiger partial charge in [-0.3, -0.25) is 4.79 Å². The van der Waals surface area contributed by atoms with Gasteiger partial charge in [-0.05, 0) is 69.3 Å². The minimum absolute atomic E-state index is 0. The Hall–Kier alpha value is -1.15. The van der Waals surface area contributed by atoms with E-state index < -0.39 is 10.0 Å². The van der Waals surface area contributed by atoms with Gasteiger partial charge in [0.05, 0.1) is 4.90 Å². The Morgan fingerprint density at radius 1 is 1.26 bits per heavy atom. The van der Waals surface area contributed by atoms with E-state index in [-0.39, 0.29) is 40.6 Å². The maximum Gasteiger partial charge on any atom is 0.243 e. The Morgan fingerprint density at radius 3 is 2.41 bits per heavy atom. The molecular weight excluding hydrogens is 386 g/mol. The standard InChI is InChI=1S/C19H29N3O3S.ClH/c1-14(2)22(3)26(24,25)16-6-4-15(5-7-16)13-21-18(23)17-12-19(17)8-10-20-11-9-19;/h4-7,14,17,20H,8-13H2,1-3H3,(H,21,23);1H. The predicted molar refractivity (Wildman–Crippen MR) is 108 cm³/mol. The van der Waals surface area contributed by atoms with Gasteiger partial charge in [0, 0.05) is 25.6 Å². The third-order valence-electron chi connectivity index (χ3n) is 5.90. The number of nitrogens with zero attached hydrogens (tertiary/aromatic N) is 1. The van der Waals surface area contributed by atoms with Crippen molar-refractivity contribution in [2.24, 2.45) is 11.3 Å². The second kappa shape index (κ2) is 8.47. The summed E-state index contributed by atoms with van der Waals surface area (Å²) in [5, 5.41) is 6.36. The lowest BCUT2D eigenvalue weighted by molar-refractivity contribution is -0.123. The van der Waals surface area contributed by atoms with Gasteiger partial charge in [0.15, 0.2) is 0 Å². The average Bonchev–Trinajstić information content (AvgIpc) is 3.32. The molecule has 1 aromatic carbocycles. The molecule has 1 atom stereocenters. The van der Waals surface area contributed by atoms with Crippen LogP contribution in [0.25, 0.3) is 0 Å². The van der Waals surface area contributed by atoms with Gasteiger partial charge >= 0.3 is 0 Å². The quantitative estimate of drug-likeness (QED) is 0.746. The first kappa shape index (κ1) is 22.1. The van der Waals surface area contributed by atoms with E-state index in [2.05, 4.69) is 10.6 Å². The molecule has 1 saturated heterocycles. The summed E-state index contributed by atoms with van der Waals surface area (Å²) in [5.74, 6) is 0.270. The highest BCUT2D eigenvalue weighted by atomic mass is 35.5. The van der Waals surface area contributed by atoms with E-state index in [0.717, 1.165) is 37.9 Å². The zero-order valence-corrected chi connectivity index (χ0v) is 17.8. The van der Waals surface area contributed by atoms with Gasteiger partial charge in [0.25, 0.3) is 0 Å². The number of carbonyl (C=O) groups excluding carboxylic acids is 1. The lowest BCUT2D eigenvalue weighted by Gasteiger charge is -2.23. The highest BCUT2D eigenvalue weighted by Crippen LogP contribution is 2.58. The maximum absolute atomic E-state index is 12.5. The van der Waals surface area contributed by atoms with Gasteiger partial charge in [-0.25, -0.2) is 8.42 Å². The molecule has 1 amide bonds. The third kappa shape index (κ3) is 4.65. The van der Waals surface area contributed by atoms with Gasteiger partial charge in [0.1, 0.15) is 0 Å². The summed E-state index contributed by atoms with van der Waals surface area (Å²) in [4.78, 5) is 12.7. The molecule has 8 heteroatoms. The van der Waals surface area contributed by atoms with Gasteiger partial charge in [-0.2, -0.15) is 4.31 Å². The van der Waals surface area contributed by atoms with Gasteiger partial charge in [-0.15, -0.1) is 12.4 Å². The molecule has 0 bridgehead atoms. The number of piperidine rings is 1. The molecular formula is C19H30ClN3O3S. The van der Waals surface area contributed by atoms with Crippen molar-refractivity contribution < 1.29 is 13.2 Å². The second-order valence-corrected chi connectivity index (χ2v) is 9.84. The molecule has 1 saturated carbocycles. The van der Waals surface area contributed by atoms with E-state index in [1.54, 1.807) is 31.3 Å². The molecule has 1 spiro atoms. The van der Waals surface area contributed by atoms with Gasteiger partial charge < -0.3 is 10.6 Å². The summed E-state index contributed by atoms with van der Waals surface area (Å²) >= 11 is 0. The summed E-state index contributed by atoms with van der Waals surface area (Å²) in [7, 11) is -1.88. The molecule has 152 valence electrons. The number of rotatable bonds is 6. The fourth-order valence-corrected chi connectivity index (χ4v) is 5.10. The molecule has 1 heterocycles. The molecule has 1 aliphatic heterocycles. The normalized spacial score (nSPS) is 21.1. The largest absolute Gasteiger partial charge is 0.352 e. The van der Waals surface area contributed by atoms with E-state index in [4.69, 9.17) is 0 Å². The summed E-state index contributed by atoms with van der Waals surface area (Å²) in [6.45, 7) is 6.13. The topological polar surface area (TPSA) is 78.5 Å². The Kier molecular flexibility index (Phi) is 6.95. The van der Waals surface area contributed by atoms with Crippen molar-refractivity contribution in [2.45, 2.75) is 50.6 Å². The van der Waals surface area contributed by atoms with Crippen molar-refractivity contribution in [2.75, 3.05) is 20.1 Å². The van der Waals surface area contributed by atoms with Crippen molar-refractivity contribution in [1.29, 1.82) is 0 Å². The van der Waals surface area contributed by atoms with Gasteiger partial charge in [-0.1, -0.05) is 12.1 Å². The summed E-state index contributed by atoms with van der Waals surface area (Å²) in [6, 6.07) is 6.67. The van der Waals surface area contributed by atoms with E-state index in [9.17, 15) is 13.2 Å². The second-order valence-electron chi connectivity index (χ2n) is 7.85. The van der Waals surface area contributed by atoms with E-state index in [0.29, 0.717) is 6.54 Å². The third-order valence-corrected chi connectivity index (χ3v) is 7.95. The number of amides is 1. The molecule has 2 fully saturated rings. The lowest BCUT2D eigenvalue weighted by Crippen LogP contribution is -2.33. The van der Waals surface area contributed by atoms with Crippen LogP contribution in [0.2, 0.25) is 0 Å². The summed E-state index contributed by atoms with van der Waals surface area (Å²) in [5.41, 5.74) is 1.14.